The van der Waals surface area contributed by atoms with Gasteiger partial charge in [-0.15, -0.1) is 6.58 Å². The lowest BCUT2D eigenvalue weighted by atomic mass is 9.65. The zero-order chi connectivity index (χ0) is 24.6. The molecule has 0 aromatic carbocycles. The van der Waals surface area contributed by atoms with Gasteiger partial charge in [0.15, 0.2) is 0 Å². The minimum atomic E-state index is -1.18. The quantitative estimate of drug-likeness (QED) is 0.430. The molecule has 0 aromatic heterocycles. The first-order valence-electron chi connectivity index (χ1n) is 12.4. The standard InChI is InChI=1S/C25H40N2O6/c1-6-10-14-26(13-7-2)22(30)20-25-12-11-24(9-4,33-25)19(23(31)32)18(25)21(29)27(20)17(15-28)16(5)8-3/h7,16-20,28H,2,6,8-15H2,1,3-5H3,(H,31,32)/t16-,17-,18-,19-,20?,24+,25?/m0/s1. The molecule has 2 N–H and O–H groups in total. The Labute approximate surface area is 196 Å². The number of fused-ring (bicyclic) bond motifs is 1. The number of amides is 2. The van der Waals surface area contributed by atoms with E-state index in [4.69, 9.17) is 4.74 Å². The van der Waals surface area contributed by atoms with Crippen LogP contribution < -0.4 is 0 Å². The zero-order valence-corrected chi connectivity index (χ0v) is 20.5. The lowest BCUT2D eigenvalue weighted by Gasteiger charge is -2.41. The molecule has 3 rings (SSSR count). The highest BCUT2D eigenvalue weighted by Crippen LogP contribution is 2.64. The Morgan fingerprint density at radius 1 is 1.33 bits per heavy atom. The predicted octanol–water partition coefficient (Wildman–Crippen LogP) is 2.45. The number of carboxylic acid groups (broad SMARTS) is 1. The molecule has 0 aromatic rings. The van der Waals surface area contributed by atoms with E-state index in [2.05, 4.69) is 6.58 Å². The predicted molar refractivity (Wildman–Crippen MR) is 123 cm³/mol. The maximum Gasteiger partial charge on any atom is 0.310 e. The number of likely N-dealkylation sites (tertiary alicyclic amines) is 1. The van der Waals surface area contributed by atoms with Crippen LogP contribution in [0.15, 0.2) is 12.7 Å². The van der Waals surface area contributed by atoms with Crippen molar-refractivity contribution in [1.29, 1.82) is 0 Å². The maximum atomic E-state index is 14.1. The first kappa shape index (κ1) is 25.7. The monoisotopic (exact) mass is 464 g/mol. The smallest absolute Gasteiger partial charge is 0.310 e. The van der Waals surface area contributed by atoms with E-state index in [0.29, 0.717) is 38.8 Å². The molecule has 0 saturated carbocycles. The van der Waals surface area contributed by atoms with E-state index in [9.17, 15) is 24.6 Å². The fourth-order valence-electron chi connectivity index (χ4n) is 6.45. The number of ether oxygens (including phenoxy) is 1. The summed E-state index contributed by atoms with van der Waals surface area (Å²) >= 11 is 0. The summed E-state index contributed by atoms with van der Waals surface area (Å²) in [5.74, 6) is -3.64. The van der Waals surface area contributed by atoms with Crippen molar-refractivity contribution in [2.45, 2.75) is 89.5 Å². The number of hydrogen-bond acceptors (Lipinski definition) is 5. The summed E-state index contributed by atoms with van der Waals surface area (Å²) in [4.78, 5) is 43.7. The summed E-state index contributed by atoms with van der Waals surface area (Å²) in [6.45, 7) is 12.2. The fraction of sp³-hybridized carbons (Fsp3) is 0.800. The van der Waals surface area contributed by atoms with Crippen LogP contribution in [0.1, 0.15) is 66.2 Å². The molecule has 3 heterocycles. The van der Waals surface area contributed by atoms with Crippen molar-refractivity contribution < 1.29 is 29.3 Å². The van der Waals surface area contributed by atoms with Gasteiger partial charge >= 0.3 is 5.97 Å². The van der Waals surface area contributed by atoms with E-state index in [1.165, 1.54) is 4.90 Å². The third kappa shape index (κ3) is 3.79. The molecule has 0 aliphatic carbocycles. The summed E-state index contributed by atoms with van der Waals surface area (Å²) in [6, 6.07) is -1.53. The molecule has 8 nitrogen and oxygen atoms in total. The average molecular weight is 465 g/mol. The molecule has 0 radical (unpaired) electrons. The van der Waals surface area contributed by atoms with Crippen LogP contribution in [0.2, 0.25) is 0 Å². The van der Waals surface area contributed by atoms with Crippen LogP contribution in [0.3, 0.4) is 0 Å². The number of rotatable bonds is 12. The SMILES string of the molecule is C=CCN(CCCC)C(=O)C1N([C@@H](CO)[C@@H](C)CC)C(=O)[C@@H]2[C@@H](C(=O)O)[C@@]3(CC)CCC12O3. The Bertz CT molecular complexity index is 787. The van der Waals surface area contributed by atoms with Crippen molar-refractivity contribution in [3.05, 3.63) is 12.7 Å². The highest BCUT2D eigenvalue weighted by Gasteiger charge is 2.79. The molecule has 33 heavy (non-hydrogen) atoms. The van der Waals surface area contributed by atoms with Crippen molar-refractivity contribution >= 4 is 17.8 Å². The molecule has 3 saturated heterocycles. The number of carbonyl (C=O) groups is 3. The molecule has 3 fully saturated rings. The Hall–Kier alpha value is -1.93. The second-order valence-corrected chi connectivity index (χ2v) is 9.98. The highest BCUT2D eigenvalue weighted by molar-refractivity contribution is 5.98. The number of aliphatic hydroxyl groups is 1. The summed E-state index contributed by atoms with van der Waals surface area (Å²) in [7, 11) is 0. The summed E-state index contributed by atoms with van der Waals surface area (Å²) < 4.78 is 6.57. The Morgan fingerprint density at radius 3 is 2.55 bits per heavy atom. The summed E-state index contributed by atoms with van der Waals surface area (Å²) in [5, 5.41) is 20.5. The van der Waals surface area contributed by atoms with Gasteiger partial charge in [-0.25, -0.2) is 0 Å². The third-order valence-corrected chi connectivity index (χ3v) is 8.41. The minimum Gasteiger partial charge on any atom is -0.481 e. The van der Waals surface area contributed by atoms with Gasteiger partial charge in [-0.05, 0) is 31.6 Å². The Morgan fingerprint density at radius 2 is 2.03 bits per heavy atom. The van der Waals surface area contributed by atoms with Crippen LogP contribution in [-0.2, 0) is 19.1 Å². The molecule has 3 aliphatic rings. The topological polar surface area (TPSA) is 107 Å². The maximum absolute atomic E-state index is 14.1. The van der Waals surface area contributed by atoms with E-state index in [1.807, 2.05) is 27.7 Å². The molecule has 1 spiro atoms. The summed E-state index contributed by atoms with van der Waals surface area (Å²) in [5.41, 5.74) is -2.12. The molecule has 7 atom stereocenters. The van der Waals surface area contributed by atoms with E-state index in [0.717, 1.165) is 12.8 Å². The zero-order valence-electron chi connectivity index (χ0n) is 20.5. The molecular weight excluding hydrogens is 424 g/mol. The molecule has 2 bridgehead atoms. The van der Waals surface area contributed by atoms with E-state index < -0.39 is 41.1 Å². The van der Waals surface area contributed by atoms with Gasteiger partial charge in [0.05, 0.1) is 24.2 Å². The minimum absolute atomic E-state index is 0.0615. The number of aliphatic carboxylic acids is 1. The number of unbranched alkanes of at least 4 members (excludes halogenated alkanes) is 1. The average Bonchev–Trinajstić information content (AvgIpc) is 3.40. The van der Waals surface area contributed by atoms with Crippen LogP contribution in [0.25, 0.3) is 0 Å². The molecular formula is C25H40N2O6. The van der Waals surface area contributed by atoms with Gasteiger partial charge in [0.25, 0.3) is 0 Å². The number of carbonyl (C=O) groups excluding carboxylic acids is 2. The second-order valence-electron chi connectivity index (χ2n) is 9.98. The van der Waals surface area contributed by atoms with Crippen molar-refractivity contribution in [1.82, 2.24) is 9.80 Å². The highest BCUT2D eigenvalue weighted by atomic mass is 16.5. The van der Waals surface area contributed by atoms with Gasteiger partial charge in [0.1, 0.15) is 17.6 Å². The Kier molecular flexibility index (Phi) is 7.58. The number of hydrogen-bond donors (Lipinski definition) is 2. The Balaban J connectivity index is 2.15. The van der Waals surface area contributed by atoms with Gasteiger partial charge in [-0.2, -0.15) is 0 Å². The number of nitrogens with zero attached hydrogens (tertiary/aromatic N) is 2. The van der Waals surface area contributed by atoms with Crippen molar-refractivity contribution in [3.63, 3.8) is 0 Å². The third-order valence-electron chi connectivity index (χ3n) is 8.41. The van der Waals surface area contributed by atoms with Crippen LogP contribution in [0.4, 0.5) is 0 Å². The lowest BCUT2D eigenvalue weighted by Crippen LogP contribution is -2.60. The second kappa shape index (κ2) is 9.74. The van der Waals surface area contributed by atoms with Gasteiger partial charge in [-0.3, -0.25) is 14.4 Å². The number of aliphatic hydroxyl groups excluding tert-OH is 1. The number of carboxylic acids is 1. The van der Waals surface area contributed by atoms with E-state index in [1.54, 1.807) is 11.0 Å². The molecule has 3 aliphatic heterocycles. The molecule has 186 valence electrons. The van der Waals surface area contributed by atoms with Gasteiger partial charge in [0, 0.05) is 13.1 Å². The van der Waals surface area contributed by atoms with Crippen molar-refractivity contribution in [3.8, 4) is 0 Å². The van der Waals surface area contributed by atoms with Gasteiger partial charge < -0.3 is 24.7 Å². The van der Waals surface area contributed by atoms with Gasteiger partial charge in [0.2, 0.25) is 11.8 Å². The first-order valence-corrected chi connectivity index (χ1v) is 12.4. The molecule has 2 amide bonds. The van der Waals surface area contributed by atoms with Crippen LogP contribution in [0.5, 0.6) is 0 Å². The van der Waals surface area contributed by atoms with Gasteiger partial charge in [-0.1, -0.05) is 46.6 Å². The summed E-state index contributed by atoms with van der Waals surface area (Å²) in [6.07, 6.45) is 5.53. The molecule has 8 heteroatoms. The largest absolute Gasteiger partial charge is 0.481 e. The van der Waals surface area contributed by atoms with Crippen molar-refractivity contribution in [2.24, 2.45) is 17.8 Å². The normalized spacial score (nSPS) is 34.3. The first-order chi connectivity index (χ1) is 15.7. The molecule has 2 unspecified atom stereocenters. The van der Waals surface area contributed by atoms with Crippen LogP contribution in [0, 0.1) is 17.8 Å². The lowest BCUT2D eigenvalue weighted by molar-refractivity contribution is -0.161. The fourth-order valence-corrected chi connectivity index (χ4v) is 6.45. The van der Waals surface area contributed by atoms with E-state index in [-0.39, 0.29) is 24.3 Å². The van der Waals surface area contributed by atoms with Crippen LogP contribution >= 0.6 is 0 Å². The van der Waals surface area contributed by atoms with E-state index >= 15 is 0 Å². The van der Waals surface area contributed by atoms with Crippen LogP contribution in [-0.4, -0.2) is 80.8 Å². The van der Waals surface area contributed by atoms with Crippen molar-refractivity contribution in [2.75, 3.05) is 19.7 Å².